The zero-order valence-corrected chi connectivity index (χ0v) is 9.19. The van der Waals surface area contributed by atoms with Crippen LogP contribution in [-0.4, -0.2) is 0 Å². The number of nitrogens with zero attached hydrogens (tertiary/aromatic N) is 1. The molecule has 0 aliphatic heterocycles. The predicted octanol–water partition coefficient (Wildman–Crippen LogP) is 3.02. The SMILES string of the molecule is CC(N)c1cccc(C#N)c1C(F)(F)F.Cl. The lowest BCUT2D eigenvalue weighted by molar-refractivity contribution is -0.138. The molecule has 0 aromatic heterocycles. The van der Waals surface area contributed by atoms with Gasteiger partial charge in [-0.1, -0.05) is 12.1 Å². The average Bonchev–Trinajstić information content (AvgIpc) is 2.15. The van der Waals surface area contributed by atoms with Gasteiger partial charge >= 0.3 is 6.18 Å². The maximum Gasteiger partial charge on any atom is 0.418 e. The molecule has 1 unspecified atom stereocenters. The second kappa shape index (κ2) is 5.19. The van der Waals surface area contributed by atoms with Crippen molar-refractivity contribution in [3.8, 4) is 6.07 Å². The molecule has 16 heavy (non-hydrogen) atoms. The van der Waals surface area contributed by atoms with Gasteiger partial charge in [0.25, 0.3) is 0 Å². The third-order valence-electron chi connectivity index (χ3n) is 1.99. The first-order chi connectivity index (χ1) is 6.88. The number of hydrogen-bond acceptors (Lipinski definition) is 2. The summed E-state index contributed by atoms with van der Waals surface area (Å²) in [6.45, 7) is 1.45. The van der Waals surface area contributed by atoms with Crippen LogP contribution in [0.25, 0.3) is 0 Å². The number of nitrogens with two attached hydrogens (primary N) is 1. The van der Waals surface area contributed by atoms with Crippen molar-refractivity contribution < 1.29 is 13.2 Å². The Morgan fingerprint density at radius 2 is 1.94 bits per heavy atom. The molecular weight excluding hydrogens is 241 g/mol. The number of nitriles is 1. The lowest BCUT2D eigenvalue weighted by Crippen LogP contribution is -2.16. The van der Waals surface area contributed by atoms with E-state index in [1.807, 2.05) is 0 Å². The van der Waals surface area contributed by atoms with E-state index in [1.54, 1.807) is 0 Å². The normalized spacial score (nSPS) is 12.5. The quantitative estimate of drug-likeness (QED) is 0.833. The zero-order chi connectivity index (χ0) is 11.6. The molecule has 1 rings (SSSR count). The van der Waals surface area contributed by atoms with Crippen LogP contribution >= 0.6 is 12.4 Å². The Hall–Kier alpha value is -1.25. The first-order valence-corrected chi connectivity index (χ1v) is 4.23. The van der Waals surface area contributed by atoms with Gasteiger partial charge in [-0.2, -0.15) is 18.4 Å². The van der Waals surface area contributed by atoms with E-state index in [2.05, 4.69) is 0 Å². The highest BCUT2D eigenvalue weighted by atomic mass is 35.5. The van der Waals surface area contributed by atoms with Crippen molar-refractivity contribution in [2.45, 2.75) is 19.1 Å². The van der Waals surface area contributed by atoms with E-state index in [4.69, 9.17) is 11.0 Å². The summed E-state index contributed by atoms with van der Waals surface area (Å²) in [6, 6.07) is 4.58. The molecule has 88 valence electrons. The van der Waals surface area contributed by atoms with Crippen LogP contribution in [0.1, 0.15) is 29.7 Å². The van der Waals surface area contributed by atoms with Crippen LogP contribution in [0.5, 0.6) is 0 Å². The summed E-state index contributed by atoms with van der Waals surface area (Å²) in [6.07, 6.45) is -4.55. The van der Waals surface area contributed by atoms with E-state index in [-0.39, 0.29) is 18.0 Å². The van der Waals surface area contributed by atoms with Gasteiger partial charge in [-0.05, 0) is 18.6 Å². The fourth-order valence-corrected chi connectivity index (χ4v) is 1.36. The molecule has 2 N–H and O–H groups in total. The lowest BCUT2D eigenvalue weighted by Gasteiger charge is -2.16. The fourth-order valence-electron chi connectivity index (χ4n) is 1.36. The van der Waals surface area contributed by atoms with Gasteiger partial charge in [-0.15, -0.1) is 12.4 Å². The van der Waals surface area contributed by atoms with Crippen molar-refractivity contribution in [3.63, 3.8) is 0 Å². The topological polar surface area (TPSA) is 49.8 Å². The van der Waals surface area contributed by atoms with Gasteiger partial charge in [0.05, 0.1) is 17.2 Å². The summed E-state index contributed by atoms with van der Waals surface area (Å²) in [7, 11) is 0. The van der Waals surface area contributed by atoms with Gasteiger partial charge in [0.15, 0.2) is 0 Å². The van der Waals surface area contributed by atoms with E-state index in [1.165, 1.54) is 25.1 Å². The summed E-state index contributed by atoms with van der Waals surface area (Å²) >= 11 is 0. The van der Waals surface area contributed by atoms with Gasteiger partial charge < -0.3 is 5.73 Å². The molecule has 0 amide bonds. The molecule has 1 aromatic rings. The monoisotopic (exact) mass is 250 g/mol. The number of rotatable bonds is 1. The third-order valence-corrected chi connectivity index (χ3v) is 1.99. The second-order valence-corrected chi connectivity index (χ2v) is 3.17. The van der Waals surface area contributed by atoms with Crippen molar-refractivity contribution in [2.24, 2.45) is 5.73 Å². The van der Waals surface area contributed by atoms with Crippen LogP contribution in [-0.2, 0) is 6.18 Å². The standard InChI is InChI=1S/C10H9F3N2.ClH/c1-6(15)8-4-2-3-7(5-14)9(8)10(11,12)13;/h2-4,6H,15H2,1H3;1H. The molecule has 0 radical (unpaired) electrons. The molecule has 0 aliphatic rings. The van der Waals surface area contributed by atoms with Gasteiger partial charge in [0, 0.05) is 6.04 Å². The van der Waals surface area contributed by atoms with E-state index in [9.17, 15) is 13.2 Å². The molecule has 0 heterocycles. The first kappa shape index (κ1) is 14.8. The molecule has 1 atom stereocenters. The van der Waals surface area contributed by atoms with Gasteiger partial charge in [-0.25, -0.2) is 0 Å². The predicted molar refractivity (Wildman–Crippen MR) is 56.0 cm³/mol. The van der Waals surface area contributed by atoms with Crippen LogP contribution < -0.4 is 5.73 Å². The Labute approximate surface area is 97.3 Å². The maximum atomic E-state index is 12.6. The molecule has 0 saturated carbocycles. The summed E-state index contributed by atoms with van der Waals surface area (Å²) in [5.41, 5.74) is 4.05. The Bertz CT molecular complexity index is 408. The summed E-state index contributed by atoms with van der Waals surface area (Å²) in [5.74, 6) is 0. The van der Waals surface area contributed by atoms with Crippen molar-refractivity contribution >= 4 is 12.4 Å². The second-order valence-electron chi connectivity index (χ2n) is 3.17. The van der Waals surface area contributed by atoms with Gasteiger partial charge in [0.1, 0.15) is 0 Å². The highest BCUT2D eigenvalue weighted by Crippen LogP contribution is 2.36. The lowest BCUT2D eigenvalue weighted by atomic mass is 9.97. The molecule has 0 saturated heterocycles. The van der Waals surface area contributed by atoms with E-state index < -0.39 is 23.3 Å². The fraction of sp³-hybridized carbons (Fsp3) is 0.300. The zero-order valence-electron chi connectivity index (χ0n) is 8.38. The van der Waals surface area contributed by atoms with Crippen LogP contribution in [0.15, 0.2) is 18.2 Å². The number of benzene rings is 1. The van der Waals surface area contributed by atoms with Crippen molar-refractivity contribution in [3.05, 3.63) is 34.9 Å². The molecule has 0 spiro atoms. The van der Waals surface area contributed by atoms with Crippen LogP contribution in [0.2, 0.25) is 0 Å². The third kappa shape index (κ3) is 2.87. The summed E-state index contributed by atoms with van der Waals surface area (Å²) < 4.78 is 37.9. The first-order valence-electron chi connectivity index (χ1n) is 4.23. The highest BCUT2D eigenvalue weighted by molar-refractivity contribution is 5.85. The maximum absolute atomic E-state index is 12.6. The minimum Gasteiger partial charge on any atom is -0.324 e. The Kier molecular flexibility index (Phi) is 4.79. The molecule has 0 bridgehead atoms. The van der Waals surface area contributed by atoms with Crippen LogP contribution in [0.4, 0.5) is 13.2 Å². The van der Waals surface area contributed by atoms with Gasteiger partial charge in [-0.3, -0.25) is 0 Å². The molecule has 0 aliphatic carbocycles. The minimum absolute atomic E-state index is 0. The van der Waals surface area contributed by atoms with E-state index in [0.29, 0.717) is 0 Å². The number of hydrogen-bond donors (Lipinski definition) is 1. The summed E-state index contributed by atoms with van der Waals surface area (Å²) in [5, 5.41) is 8.60. The van der Waals surface area contributed by atoms with E-state index in [0.717, 1.165) is 6.07 Å². The Morgan fingerprint density at radius 3 is 2.31 bits per heavy atom. The number of halogens is 4. The Morgan fingerprint density at radius 1 is 1.38 bits per heavy atom. The minimum atomic E-state index is -4.55. The van der Waals surface area contributed by atoms with Crippen LogP contribution in [0, 0.1) is 11.3 Å². The molecular formula is C10H10ClF3N2. The number of alkyl halides is 3. The Balaban J connectivity index is 0.00000225. The summed E-state index contributed by atoms with van der Waals surface area (Å²) in [4.78, 5) is 0. The van der Waals surface area contributed by atoms with Crippen molar-refractivity contribution in [2.75, 3.05) is 0 Å². The highest BCUT2D eigenvalue weighted by Gasteiger charge is 2.36. The molecule has 6 heteroatoms. The molecule has 0 fully saturated rings. The van der Waals surface area contributed by atoms with Crippen molar-refractivity contribution in [1.82, 2.24) is 0 Å². The average molecular weight is 251 g/mol. The van der Waals surface area contributed by atoms with Crippen LogP contribution in [0.3, 0.4) is 0 Å². The molecule has 2 nitrogen and oxygen atoms in total. The molecule has 1 aromatic carbocycles. The largest absolute Gasteiger partial charge is 0.418 e. The smallest absolute Gasteiger partial charge is 0.324 e. The van der Waals surface area contributed by atoms with Crippen molar-refractivity contribution in [1.29, 1.82) is 5.26 Å². The van der Waals surface area contributed by atoms with E-state index >= 15 is 0 Å². The van der Waals surface area contributed by atoms with Gasteiger partial charge in [0.2, 0.25) is 0 Å².